The van der Waals surface area contributed by atoms with Crippen LogP contribution in [-0.4, -0.2) is 110 Å². The summed E-state index contributed by atoms with van der Waals surface area (Å²) in [7, 11) is 0. The van der Waals surface area contributed by atoms with Crippen LogP contribution in [0.2, 0.25) is 0 Å². The maximum atomic E-state index is 13.0. The van der Waals surface area contributed by atoms with Gasteiger partial charge in [0.05, 0.1) is 25.4 Å². The normalized spacial score (nSPS) is 23.7. The molecule has 0 aromatic heterocycles. The summed E-state index contributed by atoms with van der Waals surface area (Å²) in [5, 5.41) is 75.0. The summed E-state index contributed by atoms with van der Waals surface area (Å²) in [6, 6.07) is -1.18. The van der Waals surface area contributed by atoms with Gasteiger partial charge in [-0.25, -0.2) is 0 Å². The molecule has 11 heteroatoms. The largest absolute Gasteiger partial charge is 0.394 e. The Morgan fingerprint density at radius 2 is 1.26 bits per heavy atom. The van der Waals surface area contributed by atoms with Gasteiger partial charge in [0.15, 0.2) is 6.29 Å². The van der Waals surface area contributed by atoms with Crippen molar-refractivity contribution in [1.29, 1.82) is 0 Å². The van der Waals surface area contributed by atoms with E-state index in [2.05, 4.69) is 24.4 Å². The quantitative estimate of drug-likeness (QED) is 0.0369. The molecule has 1 fully saturated rings. The van der Waals surface area contributed by atoms with Gasteiger partial charge in [-0.1, -0.05) is 128 Å². The molecule has 8 N–H and O–H groups in total. The second-order valence-electron chi connectivity index (χ2n) is 14.0. The molecule has 0 aliphatic carbocycles. The predicted molar refractivity (Wildman–Crippen MR) is 196 cm³/mol. The first-order valence-electron chi connectivity index (χ1n) is 19.7. The van der Waals surface area contributed by atoms with Gasteiger partial charge in [-0.15, -0.1) is 0 Å². The number of rotatable bonds is 31. The van der Waals surface area contributed by atoms with Crippen LogP contribution in [-0.2, 0) is 14.3 Å². The molecule has 294 valence electrons. The molecule has 1 saturated heterocycles. The van der Waals surface area contributed by atoms with E-state index < -0.39 is 74.2 Å². The van der Waals surface area contributed by atoms with E-state index in [1.165, 1.54) is 70.6 Å². The summed E-state index contributed by atoms with van der Waals surface area (Å²) in [6.45, 7) is 3.14. The van der Waals surface area contributed by atoms with Crippen LogP contribution in [0, 0.1) is 0 Å². The van der Waals surface area contributed by atoms with Crippen molar-refractivity contribution in [3.63, 3.8) is 0 Å². The zero-order valence-electron chi connectivity index (χ0n) is 31.1. The number of carbonyl (C=O) groups is 1. The van der Waals surface area contributed by atoms with Crippen LogP contribution < -0.4 is 5.32 Å². The minimum absolute atomic E-state index is 0.245. The highest BCUT2D eigenvalue weighted by Gasteiger charge is 2.44. The summed E-state index contributed by atoms with van der Waals surface area (Å²) in [5.74, 6) is -0.715. The molecule has 9 unspecified atom stereocenters. The number of unbranched alkanes of at least 4 members (excludes halogenated alkanes) is 16. The summed E-state index contributed by atoms with van der Waals surface area (Å²) in [5.41, 5.74) is 0. The van der Waals surface area contributed by atoms with Gasteiger partial charge in [0.1, 0.15) is 36.6 Å². The average molecular weight is 716 g/mol. The van der Waals surface area contributed by atoms with E-state index in [1.54, 1.807) is 0 Å². The molecule has 1 rings (SSSR count). The molecule has 1 aliphatic rings. The molecular weight excluding hydrogens is 642 g/mol. The van der Waals surface area contributed by atoms with Gasteiger partial charge in [0.2, 0.25) is 5.91 Å². The Morgan fingerprint density at radius 1 is 0.720 bits per heavy atom. The van der Waals surface area contributed by atoms with Crippen molar-refractivity contribution in [3.05, 3.63) is 24.3 Å². The lowest BCUT2D eigenvalue weighted by atomic mass is 9.98. The van der Waals surface area contributed by atoms with Crippen LogP contribution in [0.4, 0.5) is 0 Å². The number of amides is 1. The van der Waals surface area contributed by atoms with E-state index in [-0.39, 0.29) is 12.8 Å². The third kappa shape index (κ3) is 20.6. The Morgan fingerprint density at radius 3 is 1.82 bits per heavy atom. The molecule has 1 aliphatic heterocycles. The summed E-state index contributed by atoms with van der Waals surface area (Å²) < 4.78 is 11.0. The minimum Gasteiger partial charge on any atom is -0.394 e. The Kier molecular flexibility index (Phi) is 28.1. The minimum atomic E-state index is -1.67. The fourth-order valence-electron chi connectivity index (χ4n) is 6.23. The van der Waals surface area contributed by atoms with Crippen LogP contribution >= 0.6 is 0 Å². The van der Waals surface area contributed by atoms with Crippen molar-refractivity contribution in [2.24, 2.45) is 0 Å². The molecule has 0 radical (unpaired) electrons. The molecule has 0 saturated carbocycles. The van der Waals surface area contributed by atoms with Crippen molar-refractivity contribution in [2.75, 3.05) is 13.2 Å². The zero-order chi connectivity index (χ0) is 37.0. The first-order chi connectivity index (χ1) is 24.2. The van der Waals surface area contributed by atoms with Crippen molar-refractivity contribution >= 4 is 5.91 Å². The predicted octanol–water partition coefficient (Wildman–Crippen LogP) is 4.71. The Balaban J connectivity index is 2.52. The highest BCUT2D eigenvalue weighted by atomic mass is 16.7. The zero-order valence-corrected chi connectivity index (χ0v) is 31.1. The molecule has 11 nitrogen and oxygen atoms in total. The highest BCUT2D eigenvalue weighted by molar-refractivity contribution is 5.80. The first kappa shape index (κ1) is 46.6. The SMILES string of the molecule is C/C=C/CC/C=C/CCCC(O)C(O)C(COC1OC(CO)C(O)C(O)C1O)NC(=O)C(O)CCCCCCCCCCCCCCCCC. The van der Waals surface area contributed by atoms with Crippen LogP contribution in [0.15, 0.2) is 24.3 Å². The van der Waals surface area contributed by atoms with Crippen molar-refractivity contribution in [1.82, 2.24) is 5.32 Å². The van der Waals surface area contributed by atoms with Crippen LogP contribution in [0.25, 0.3) is 0 Å². The average Bonchev–Trinajstić information content (AvgIpc) is 3.11. The number of hydrogen-bond acceptors (Lipinski definition) is 10. The number of hydrogen-bond donors (Lipinski definition) is 8. The van der Waals surface area contributed by atoms with Crippen molar-refractivity contribution in [3.8, 4) is 0 Å². The van der Waals surface area contributed by atoms with Crippen LogP contribution in [0.5, 0.6) is 0 Å². The lowest BCUT2D eigenvalue weighted by Crippen LogP contribution is -2.60. The second-order valence-corrected chi connectivity index (χ2v) is 14.0. The molecule has 0 aromatic carbocycles. The summed E-state index contributed by atoms with van der Waals surface area (Å²) in [6.07, 6.45) is 18.5. The molecule has 0 aromatic rings. The van der Waals surface area contributed by atoms with E-state index in [0.29, 0.717) is 19.3 Å². The molecular formula is C39H73NO10. The lowest BCUT2D eigenvalue weighted by molar-refractivity contribution is -0.303. The second kappa shape index (κ2) is 30.1. The van der Waals surface area contributed by atoms with Gasteiger partial charge in [-0.05, 0) is 45.4 Å². The number of aliphatic hydroxyl groups is 7. The highest BCUT2D eigenvalue weighted by Crippen LogP contribution is 2.23. The smallest absolute Gasteiger partial charge is 0.249 e. The Bertz CT molecular complexity index is 872. The fourth-order valence-corrected chi connectivity index (χ4v) is 6.23. The summed E-state index contributed by atoms with van der Waals surface area (Å²) in [4.78, 5) is 13.0. The van der Waals surface area contributed by atoms with Crippen LogP contribution in [0.3, 0.4) is 0 Å². The van der Waals surface area contributed by atoms with Crippen LogP contribution in [0.1, 0.15) is 149 Å². The third-order valence-electron chi connectivity index (χ3n) is 9.58. The standard InChI is InChI=1S/C39H73NO10/c1-3-5-7-9-11-13-14-15-16-17-18-19-21-23-25-27-32(43)38(48)40-30(29-49-39-37(47)36(46)35(45)33(28-41)50-39)34(44)31(42)26-24-22-20-12-10-8-6-4-2/h4,6,12,20,30-37,39,41-47H,3,5,7-11,13-19,21-29H2,1-2H3,(H,40,48)/b6-4+,20-12+. The van der Waals surface area contributed by atoms with E-state index in [0.717, 1.165) is 32.1 Å². The van der Waals surface area contributed by atoms with E-state index in [1.807, 2.05) is 19.1 Å². The number of carbonyl (C=O) groups excluding carboxylic acids is 1. The molecule has 0 bridgehead atoms. The van der Waals surface area contributed by atoms with Gasteiger partial charge in [-0.2, -0.15) is 0 Å². The van der Waals surface area contributed by atoms with Gasteiger partial charge in [-0.3, -0.25) is 4.79 Å². The maximum absolute atomic E-state index is 13.0. The van der Waals surface area contributed by atoms with E-state index in [4.69, 9.17) is 9.47 Å². The molecule has 1 amide bonds. The molecule has 1 heterocycles. The van der Waals surface area contributed by atoms with Gasteiger partial charge >= 0.3 is 0 Å². The molecule has 9 atom stereocenters. The topological polar surface area (TPSA) is 189 Å². The number of allylic oxidation sites excluding steroid dienone is 4. The molecule has 50 heavy (non-hydrogen) atoms. The Labute approximate surface area is 302 Å². The van der Waals surface area contributed by atoms with Gasteiger partial charge < -0.3 is 50.5 Å². The van der Waals surface area contributed by atoms with Crippen molar-refractivity contribution < 1.29 is 50.0 Å². The summed E-state index contributed by atoms with van der Waals surface area (Å²) >= 11 is 0. The number of nitrogens with one attached hydrogen (secondary N) is 1. The van der Waals surface area contributed by atoms with Crippen molar-refractivity contribution in [2.45, 2.75) is 204 Å². The fraction of sp³-hybridized carbons (Fsp3) is 0.872. The monoisotopic (exact) mass is 716 g/mol. The third-order valence-corrected chi connectivity index (χ3v) is 9.58. The first-order valence-corrected chi connectivity index (χ1v) is 19.7. The van der Waals surface area contributed by atoms with E-state index >= 15 is 0 Å². The Hall–Kier alpha value is -1.41. The van der Waals surface area contributed by atoms with Gasteiger partial charge in [0, 0.05) is 0 Å². The van der Waals surface area contributed by atoms with Gasteiger partial charge in [0.25, 0.3) is 0 Å². The van der Waals surface area contributed by atoms with E-state index in [9.17, 15) is 40.5 Å². The molecule has 0 spiro atoms. The maximum Gasteiger partial charge on any atom is 0.249 e. The lowest BCUT2D eigenvalue weighted by Gasteiger charge is -2.40. The number of ether oxygens (including phenoxy) is 2. The number of aliphatic hydroxyl groups excluding tert-OH is 7.